The predicted molar refractivity (Wildman–Crippen MR) is 87.2 cm³/mol. The maximum atomic E-state index is 10.3. The van der Waals surface area contributed by atoms with Crippen molar-refractivity contribution in [2.75, 3.05) is 19.8 Å². The Morgan fingerprint density at radius 3 is 2.78 bits per heavy atom. The zero-order valence-corrected chi connectivity index (χ0v) is 13.7. The van der Waals surface area contributed by atoms with Gasteiger partial charge in [0.05, 0.1) is 17.7 Å². The number of fused-ring (bicyclic) bond motifs is 1. The summed E-state index contributed by atoms with van der Waals surface area (Å²) in [5, 5.41) is 14.0. The zero-order valence-electron chi connectivity index (χ0n) is 13.0. The lowest BCUT2D eigenvalue weighted by atomic mass is 10.1. The van der Waals surface area contributed by atoms with Crippen LogP contribution in [0.1, 0.15) is 30.1 Å². The van der Waals surface area contributed by atoms with E-state index in [9.17, 15) is 5.11 Å². The first-order valence-corrected chi connectivity index (χ1v) is 8.10. The van der Waals surface area contributed by atoms with Crippen molar-refractivity contribution in [2.24, 2.45) is 0 Å². The molecule has 124 valence electrons. The van der Waals surface area contributed by atoms with E-state index < -0.39 is 6.10 Å². The number of hydrogen-bond donors (Lipinski definition) is 2. The third-order valence-corrected chi connectivity index (χ3v) is 3.99. The highest BCUT2D eigenvalue weighted by molar-refractivity contribution is 6.32. The highest BCUT2D eigenvalue weighted by Gasteiger charge is 2.19. The molecular weight excluding hydrogens is 318 g/mol. The fourth-order valence-electron chi connectivity index (χ4n) is 2.48. The fourth-order valence-corrected chi connectivity index (χ4v) is 2.75. The van der Waals surface area contributed by atoms with Crippen LogP contribution >= 0.6 is 11.6 Å². The average molecular weight is 338 g/mol. The predicted octanol–water partition coefficient (Wildman–Crippen LogP) is 3.09. The molecule has 1 aliphatic heterocycles. The lowest BCUT2D eigenvalue weighted by molar-refractivity contribution is 0.162. The van der Waals surface area contributed by atoms with E-state index in [0.29, 0.717) is 48.4 Å². The minimum absolute atomic E-state index is 0.387. The molecule has 1 aliphatic rings. The molecule has 1 atom stereocenters. The Morgan fingerprint density at radius 2 is 2.00 bits per heavy atom. The first-order valence-electron chi connectivity index (χ1n) is 7.72. The summed E-state index contributed by atoms with van der Waals surface area (Å²) in [5.74, 6) is 2.94. The molecule has 0 radical (unpaired) electrons. The van der Waals surface area contributed by atoms with Crippen molar-refractivity contribution in [3.05, 3.63) is 46.4 Å². The van der Waals surface area contributed by atoms with E-state index in [1.54, 1.807) is 12.1 Å². The van der Waals surface area contributed by atoms with Gasteiger partial charge in [-0.1, -0.05) is 18.5 Å². The second-order valence-corrected chi connectivity index (χ2v) is 5.80. The van der Waals surface area contributed by atoms with Crippen LogP contribution in [0.4, 0.5) is 0 Å². The second-order valence-electron chi connectivity index (χ2n) is 5.40. The van der Waals surface area contributed by atoms with Crippen molar-refractivity contribution in [2.45, 2.75) is 26.0 Å². The summed E-state index contributed by atoms with van der Waals surface area (Å²) in [6, 6.07) is 7.39. The minimum atomic E-state index is -0.691. The Bertz CT molecular complexity index is 671. The number of nitrogens with one attached hydrogen (secondary N) is 1. The van der Waals surface area contributed by atoms with Crippen molar-refractivity contribution in [1.82, 2.24) is 5.32 Å². The summed E-state index contributed by atoms with van der Waals surface area (Å²) in [4.78, 5) is 0. The zero-order chi connectivity index (χ0) is 16.2. The Hall–Kier alpha value is -1.69. The molecule has 0 spiro atoms. The van der Waals surface area contributed by atoms with Gasteiger partial charge >= 0.3 is 0 Å². The summed E-state index contributed by atoms with van der Waals surface area (Å²) in [6.07, 6.45) is 0.183. The van der Waals surface area contributed by atoms with E-state index in [0.717, 1.165) is 17.9 Å². The third-order valence-electron chi connectivity index (χ3n) is 3.71. The van der Waals surface area contributed by atoms with Gasteiger partial charge in [-0.05, 0) is 29.8 Å². The van der Waals surface area contributed by atoms with Gasteiger partial charge in [-0.2, -0.15) is 0 Å². The van der Waals surface area contributed by atoms with Crippen LogP contribution in [0.5, 0.6) is 11.5 Å². The van der Waals surface area contributed by atoms with Gasteiger partial charge in [-0.15, -0.1) is 0 Å². The first-order chi connectivity index (χ1) is 11.2. The number of halogens is 1. The van der Waals surface area contributed by atoms with E-state index in [4.69, 9.17) is 25.5 Å². The molecular formula is C17H20ClNO4. The van der Waals surface area contributed by atoms with Crippen molar-refractivity contribution < 1.29 is 19.0 Å². The van der Waals surface area contributed by atoms with Gasteiger partial charge in [0.25, 0.3) is 0 Å². The van der Waals surface area contributed by atoms with Crippen molar-refractivity contribution in [3.8, 4) is 11.5 Å². The maximum Gasteiger partial charge on any atom is 0.179 e. The largest absolute Gasteiger partial charge is 0.486 e. The number of aryl methyl sites for hydroxylation is 1. The molecule has 1 aromatic carbocycles. The monoisotopic (exact) mass is 337 g/mol. The molecule has 0 saturated heterocycles. The number of benzene rings is 1. The molecule has 6 heteroatoms. The number of aliphatic hydroxyl groups is 1. The van der Waals surface area contributed by atoms with Gasteiger partial charge in [0.2, 0.25) is 0 Å². The normalized spacial score (nSPS) is 14.7. The number of rotatable bonds is 6. The first kappa shape index (κ1) is 16.2. The number of furan rings is 1. The molecule has 5 nitrogen and oxygen atoms in total. The molecule has 3 rings (SSSR count). The molecule has 23 heavy (non-hydrogen) atoms. The van der Waals surface area contributed by atoms with Crippen molar-refractivity contribution in [3.63, 3.8) is 0 Å². The van der Waals surface area contributed by atoms with E-state index in [1.165, 1.54) is 0 Å². The molecule has 0 aliphatic carbocycles. The summed E-state index contributed by atoms with van der Waals surface area (Å²) < 4.78 is 16.6. The minimum Gasteiger partial charge on any atom is -0.486 e. The SMILES string of the molecule is CCc1ccc(CNCC(O)c2cc(Cl)c3c(c2)OCCO3)o1. The molecule has 2 aromatic rings. The van der Waals surface area contributed by atoms with Gasteiger partial charge in [-0.25, -0.2) is 0 Å². The van der Waals surface area contributed by atoms with Crippen LogP contribution < -0.4 is 14.8 Å². The van der Waals surface area contributed by atoms with Gasteiger partial charge in [0.15, 0.2) is 11.5 Å². The fraction of sp³-hybridized carbons (Fsp3) is 0.412. The molecule has 0 bridgehead atoms. The molecule has 1 unspecified atom stereocenters. The van der Waals surface area contributed by atoms with Crippen LogP contribution in [0, 0.1) is 0 Å². The van der Waals surface area contributed by atoms with Crippen LogP contribution in [0.25, 0.3) is 0 Å². The van der Waals surface area contributed by atoms with Crippen LogP contribution in [0.2, 0.25) is 5.02 Å². The van der Waals surface area contributed by atoms with E-state index in [2.05, 4.69) is 5.32 Å². The topological polar surface area (TPSA) is 63.9 Å². The number of aliphatic hydroxyl groups excluding tert-OH is 1. The standard InChI is InChI=1S/C17H20ClNO4/c1-2-12-3-4-13(23-12)9-19-10-15(20)11-7-14(18)17-16(8-11)21-5-6-22-17/h3-4,7-8,15,19-20H,2,5-6,9-10H2,1H3. The quantitative estimate of drug-likeness (QED) is 0.848. The Kier molecular flexibility index (Phi) is 5.10. The molecule has 0 amide bonds. The van der Waals surface area contributed by atoms with Gasteiger partial charge in [0.1, 0.15) is 24.7 Å². The average Bonchev–Trinajstić information content (AvgIpc) is 3.02. The van der Waals surface area contributed by atoms with Crippen LogP contribution in [0.15, 0.2) is 28.7 Å². The Labute approximate surface area is 140 Å². The Balaban J connectivity index is 1.59. The lowest BCUT2D eigenvalue weighted by Gasteiger charge is -2.21. The van der Waals surface area contributed by atoms with Gasteiger partial charge in [0, 0.05) is 13.0 Å². The molecule has 2 N–H and O–H groups in total. The maximum absolute atomic E-state index is 10.3. The number of hydrogen-bond acceptors (Lipinski definition) is 5. The Morgan fingerprint density at radius 1 is 1.22 bits per heavy atom. The van der Waals surface area contributed by atoms with E-state index in [1.807, 2.05) is 19.1 Å². The van der Waals surface area contributed by atoms with E-state index in [-0.39, 0.29) is 0 Å². The highest BCUT2D eigenvalue weighted by atomic mass is 35.5. The highest BCUT2D eigenvalue weighted by Crippen LogP contribution is 2.39. The summed E-state index contributed by atoms with van der Waals surface area (Å²) in [5.41, 5.74) is 0.695. The van der Waals surface area contributed by atoms with Crippen molar-refractivity contribution in [1.29, 1.82) is 0 Å². The molecule has 1 aromatic heterocycles. The van der Waals surface area contributed by atoms with E-state index >= 15 is 0 Å². The number of ether oxygens (including phenoxy) is 2. The summed E-state index contributed by atoms with van der Waals surface area (Å²) in [7, 11) is 0. The smallest absolute Gasteiger partial charge is 0.179 e. The second kappa shape index (κ2) is 7.25. The van der Waals surface area contributed by atoms with Gasteiger partial charge in [-0.3, -0.25) is 0 Å². The van der Waals surface area contributed by atoms with Crippen molar-refractivity contribution >= 4 is 11.6 Å². The van der Waals surface area contributed by atoms with Crippen LogP contribution in [-0.4, -0.2) is 24.9 Å². The lowest BCUT2D eigenvalue weighted by Crippen LogP contribution is -2.21. The molecule has 0 saturated carbocycles. The van der Waals surface area contributed by atoms with Crippen LogP contribution in [-0.2, 0) is 13.0 Å². The van der Waals surface area contributed by atoms with Crippen LogP contribution in [0.3, 0.4) is 0 Å². The molecule has 2 heterocycles. The third kappa shape index (κ3) is 3.80. The summed E-state index contributed by atoms with van der Waals surface area (Å²) in [6.45, 7) is 3.97. The van der Waals surface area contributed by atoms with Gasteiger partial charge < -0.3 is 24.3 Å². The summed E-state index contributed by atoms with van der Waals surface area (Å²) >= 11 is 6.19. The molecule has 0 fully saturated rings.